The molecule has 1 aromatic carbocycles. The van der Waals surface area contributed by atoms with Crippen LogP contribution >= 0.6 is 15.9 Å². The summed E-state index contributed by atoms with van der Waals surface area (Å²) in [4.78, 5) is 4.14. The number of nitrogens with two attached hydrogens (primary N) is 1. The Morgan fingerprint density at radius 2 is 2.25 bits per heavy atom. The lowest BCUT2D eigenvalue weighted by Crippen LogP contribution is -2.23. The zero-order valence-electron chi connectivity index (χ0n) is 12.2. The quantitative estimate of drug-likeness (QED) is 0.571. The summed E-state index contributed by atoms with van der Waals surface area (Å²) in [5, 5.41) is 10.3. The molecule has 1 aliphatic heterocycles. The monoisotopic (exact) mass is 417 g/mol. The first kappa shape index (κ1) is 16.8. The van der Waals surface area contributed by atoms with Crippen LogP contribution in [-0.2, 0) is 9.84 Å². The van der Waals surface area contributed by atoms with E-state index < -0.39 is 15.7 Å². The predicted octanol–water partition coefficient (Wildman–Crippen LogP) is 1.61. The number of halogens is 2. The SMILES string of the molecule is NC(=Nc1ccc(F)c(Br)c1)c1nonc1N[C@H]1CCS(=O)(=O)C1. The Balaban J connectivity index is 1.81. The van der Waals surface area contributed by atoms with Crippen LogP contribution in [0.1, 0.15) is 12.1 Å². The summed E-state index contributed by atoms with van der Waals surface area (Å²) in [5.74, 6) is -0.0437. The number of benzene rings is 1. The fraction of sp³-hybridized carbons (Fsp3) is 0.308. The number of nitrogens with zero attached hydrogens (tertiary/aromatic N) is 3. The van der Waals surface area contributed by atoms with Crippen LogP contribution in [0.5, 0.6) is 0 Å². The molecule has 0 bridgehead atoms. The van der Waals surface area contributed by atoms with E-state index >= 15 is 0 Å². The number of nitrogens with one attached hydrogen (secondary N) is 1. The third-order valence-electron chi connectivity index (χ3n) is 3.46. The van der Waals surface area contributed by atoms with Gasteiger partial charge in [-0.2, -0.15) is 0 Å². The van der Waals surface area contributed by atoms with E-state index in [1.54, 1.807) is 0 Å². The molecule has 3 N–H and O–H groups in total. The highest BCUT2D eigenvalue weighted by Crippen LogP contribution is 2.23. The number of hydrogen-bond acceptors (Lipinski definition) is 7. The Labute approximate surface area is 145 Å². The number of hydrogen-bond donors (Lipinski definition) is 2. The molecule has 8 nitrogen and oxygen atoms in total. The fourth-order valence-electron chi connectivity index (χ4n) is 2.30. The van der Waals surface area contributed by atoms with Crippen LogP contribution in [-0.4, -0.2) is 42.1 Å². The number of aromatic nitrogens is 2. The van der Waals surface area contributed by atoms with Gasteiger partial charge in [-0.15, -0.1) is 0 Å². The summed E-state index contributed by atoms with van der Waals surface area (Å²) < 4.78 is 41.2. The van der Waals surface area contributed by atoms with Gasteiger partial charge in [0.05, 0.1) is 21.7 Å². The second kappa shape index (κ2) is 6.48. The summed E-state index contributed by atoms with van der Waals surface area (Å²) in [5.41, 5.74) is 6.49. The molecule has 1 saturated heterocycles. The van der Waals surface area contributed by atoms with Crippen molar-refractivity contribution in [2.75, 3.05) is 16.8 Å². The highest BCUT2D eigenvalue weighted by molar-refractivity contribution is 9.10. The maximum atomic E-state index is 13.2. The molecule has 128 valence electrons. The van der Waals surface area contributed by atoms with Crippen molar-refractivity contribution in [3.8, 4) is 0 Å². The molecule has 1 aliphatic rings. The average Bonchev–Trinajstić information content (AvgIpc) is 3.09. The Hall–Kier alpha value is -2.01. The van der Waals surface area contributed by atoms with Gasteiger partial charge in [-0.05, 0) is 50.9 Å². The lowest BCUT2D eigenvalue weighted by Gasteiger charge is -2.09. The van der Waals surface area contributed by atoms with Crippen LogP contribution in [0.2, 0.25) is 0 Å². The molecule has 0 amide bonds. The molecule has 24 heavy (non-hydrogen) atoms. The maximum absolute atomic E-state index is 13.2. The molecule has 0 radical (unpaired) electrons. The van der Waals surface area contributed by atoms with E-state index in [0.717, 1.165) is 0 Å². The number of sulfone groups is 1. The minimum absolute atomic E-state index is 0.0121. The molecule has 1 fully saturated rings. The van der Waals surface area contributed by atoms with Gasteiger partial charge < -0.3 is 11.1 Å². The smallest absolute Gasteiger partial charge is 0.202 e. The maximum Gasteiger partial charge on any atom is 0.202 e. The molecule has 0 aliphatic carbocycles. The van der Waals surface area contributed by atoms with Crippen LogP contribution in [0.25, 0.3) is 0 Å². The van der Waals surface area contributed by atoms with E-state index in [9.17, 15) is 12.8 Å². The van der Waals surface area contributed by atoms with E-state index in [1.807, 2.05) is 0 Å². The molecule has 0 saturated carbocycles. The van der Waals surface area contributed by atoms with Crippen molar-refractivity contribution >= 4 is 43.1 Å². The van der Waals surface area contributed by atoms with Gasteiger partial charge >= 0.3 is 0 Å². The third kappa shape index (κ3) is 3.73. The number of rotatable bonds is 4. The summed E-state index contributed by atoms with van der Waals surface area (Å²) >= 11 is 3.07. The Kier molecular flexibility index (Phi) is 4.54. The Morgan fingerprint density at radius 1 is 1.46 bits per heavy atom. The molecule has 1 aromatic heterocycles. The summed E-state index contributed by atoms with van der Waals surface area (Å²) in [6.07, 6.45) is 0.469. The fourth-order valence-corrected chi connectivity index (χ4v) is 4.34. The third-order valence-corrected chi connectivity index (χ3v) is 5.83. The van der Waals surface area contributed by atoms with Crippen molar-refractivity contribution in [2.45, 2.75) is 12.5 Å². The van der Waals surface area contributed by atoms with Crippen LogP contribution in [0.15, 0.2) is 32.3 Å². The van der Waals surface area contributed by atoms with E-state index in [0.29, 0.717) is 12.1 Å². The first-order valence-corrected chi connectivity index (χ1v) is 9.54. The van der Waals surface area contributed by atoms with Crippen LogP contribution in [0, 0.1) is 5.82 Å². The van der Waals surface area contributed by atoms with Crippen molar-refractivity contribution in [1.29, 1.82) is 0 Å². The molecule has 0 spiro atoms. The lowest BCUT2D eigenvalue weighted by atomic mass is 10.2. The standard InChI is InChI=1S/C13H13BrFN5O3S/c14-9-5-7(1-2-10(9)15)17-12(16)11-13(20-23-19-11)18-8-3-4-24(21,22)6-8/h1-2,5,8H,3-4,6H2,(H2,16,17)(H,18,20)/t8-/m0/s1. The summed E-state index contributed by atoms with van der Waals surface area (Å²) in [6.45, 7) is 0. The van der Waals surface area contributed by atoms with Gasteiger partial charge in [-0.25, -0.2) is 22.4 Å². The molecule has 11 heteroatoms. The molecule has 1 atom stereocenters. The molecule has 3 rings (SSSR count). The van der Waals surface area contributed by atoms with Crippen molar-refractivity contribution < 1.29 is 17.4 Å². The van der Waals surface area contributed by atoms with Crippen molar-refractivity contribution in [2.24, 2.45) is 10.7 Å². The lowest BCUT2D eigenvalue weighted by molar-refractivity contribution is 0.307. The van der Waals surface area contributed by atoms with E-state index in [4.69, 9.17) is 5.73 Å². The largest absolute Gasteiger partial charge is 0.382 e. The number of amidine groups is 1. The van der Waals surface area contributed by atoms with Crippen molar-refractivity contribution in [3.63, 3.8) is 0 Å². The van der Waals surface area contributed by atoms with Crippen LogP contribution in [0.4, 0.5) is 15.9 Å². The summed E-state index contributed by atoms with van der Waals surface area (Å²) in [6, 6.07) is 3.89. The zero-order valence-corrected chi connectivity index (χ0v) is 14.6. The van der Waals surface area contributed by atoms with E-state index in [2.05, 4.69) is 41.2 Å². The molecular weight excluding hydrogens is 405 g/mol. The highest BCUT2D eigenvalue weighted by atomic mass is 79.9. The molecule has 2 heterocycles. The van der Waals surface area contributed by atoms with Crippen LogP contribution in [0.3, 0.4) is 0 Å². The van der Waals surface area contributed by atoms with Gasteiger partial charge in [0.2, 0.25) is 5.82 Å². The minimum atomic E-state index is -3.03. The normalized spacial score (nSPS) is 20.2. The highest BCUT2D eigenvalue weighted by Gasteiger charge is 2.29. The zero-order chi connectivity index (χ0) is 17.3. The van der Waals surface area contributed by atoms with E-state index in [-0.39, 0.29) is 39.4 Å². The van der Waals surface area contributed by atoms with Crippen molar-refractivity contribution in [3.05, 3.63) is 34.2 Å². The summed E-state index contributed by atoms with van der Waals surface area (Å²) in [7, 11) is -3.03. The first-order chi connectivity index (χ1) is 11.3. The molecule has 2 aromatic rings. The van der Waals surface area contributed by atoms with Crippen molar-refractivity contribution in [1.82, 2.24) is 10.3 Å². The van der Waals surface area contributed by atoms with Gasteiger partial charge in [0, 0.05) is 6.04 Å². The van der Waals surface area contributed by atoms with Gasteiger partial charge in [0.25, 0.3) is 0 Å². The predicted molar refractivity (Wildman–Crippen MR) is 89.5 cm³/mol. The Bertz CT molecular complexity index is 899. The first-order valence-electron chi connectivity index (χ1n) is 6.93. The van der Waals surface area contributed by atoms with Gasteiger partial charge in [0.1, 0.15) is 5.82 Å². The van der Waals surface area contributed by atoms with Crippen LogP contribution < -0.4 is 11.1 Å². The average molecular weight is 418 g/mol. The topological polar surface area (TPSA) is 123 Å². The number of anilines is 1. The van der Waals surface area contributed by atoms with Gasteiger partial charge in [-0.1, -0.05) is 0 Å². The second-order valence-electron chi connectivity index (χ2n) is 5.30. The number of aliphatic imine (C=N–C) groups is 1. The molecular formula is C13H13BrFN5O3S. The van der Waals surface area contributed by atoms with E-state index in [1.165, 1.54) is 18.2 Å². The molecule has 0 unspecified atom stereocenters. The van der Waals surface area contributed by atoms with Gasteiger partial charge in [-0.3, -0.25) is 0 Å². The second-order valence-corrected chi connectivity index (χ2v) is 8.38. The minimum Gasteiger partial charge on any atom is -0.382 e. The Morgan fingerprint density at radius 3 is 2.92 bits per heavy atom. The van der Waals surface area contributed by atoms with Gasteiger partial charge in [0.15, 0.2) is 21.4 Å².